The summed E-state index contributed by atoms with van der Waals surface area (Å²) in [7, 11) is 0. The van der Waals surface area contributed by atoms with E-state index >= 15 is 0 Å². The van der Waals surface area contributed by atoms with Gasteiger partial charge in [-0.25, -0.2) is 0 Å². The third-order valence-corrected chi connectivity index (χ3v) is 3.04. The molecular weight excluding hydrogens is 242 g/mol. The number of hydrogen-bond donors (Lipinski definition) is 1. The molecule has 2 rings (SSSR count). The zero-order valence-corrected chi connectivity index (χ0v) is 10.9. The summed E-state index contributed by atoms with van der Waals surface area (Å²) in [6.45, 7) is 2.33. The van der Waals surface area contributed by atoms with Crippen LogP contribution in [0.5, 0.6) is 0 Å². The van der Waals surface area contributed by atoms with Crippen LogP contribution >= 0.6 is 0 Å². The van der Waals surface area contributed by atoms with Crippen LogP contribution in [0.25, 0.3) is 0 Å². The third kappa shape index (κ3) is 3.40. The number of nitrogens with zero attached hydrogens (tertiary/aromatic N) is 2. The second kappa shape index (κ2) is 6.13. The maximum atomic E-state index is 11.8. The van der Waals surface area contributed by atoms with E-state index in [0.717, 1.165) is 6.42 Å². The van der Waals surface area contributed by atoms with E-state index in [1.54, 1.807) is 29.4 Å². The molecule has 0 saturated carbocycles. The average molecular weight is 259 g/mol. The summed E-state index contributed by atoms with van der Waals surface area (Å²) in [5, 5.41) is 2.81. The van der Waals surface area contributed by atoms with Gasteiger partial charge >= 0.3 is 0 Å². The Morgan fingerprint density at radius 1 is 1.58 bits per heavy atom. The van der Waals surface area contributed by atoms with Gasteiger partial charge in [0.05, 0.1) is 11.6 Å². The van der Waals surface area contributed by atoms with Crippen molar-refractivity contribution in [2.75, 3.05) is 6.54 Å². The molecule has 1 aliphatic heterocycles. The largest absolute Gasteiger partial charge is 0.350 e. The molecular formula is C14H17N3O2. The first-order valence-corrected chi connectivity index (χ1v) is 6.34. The normalized spacial score (nSPS) is 16.3. The van der Waals surface area contributed by atoms with Crippen LogP contribution in [-0.4, -0.2) is 34.3 Å². The van der Waals surface area contributed by atoms with Gasteiger partial charge in [-0.05, 0) is 25.5 Å². The first kappa shape index (κ1) is 13.3. The van der Waals surface area contributed by atoms with Gasteiger partial charge in [0.1, 0.15) is 0 Å². The van der Waals surface area contributed by atoms with Crippen LogP contribution in [0.4, 0.5) is 0 Å². The van der Waals surface area contributed by atoms with E-state index in [1.807, 2.05) is 13.0 Å². The second-order valence-electron chi connectivity index (χ2n) is 4.53. The number of amides is 2. The fourth-order valence-corrected chi connectivity index (χ4v) is 1.94. The van der Waals surface area contributed by atoms with E-state index in [2.05, 4.69) is 10.3 Å². The van der Waals surface area contributed by atoms with Crippen molar-refractivity contribution in [3.63, 3.8) is 0 Å². The molecule has 1 atom stereocenters. The zero-order chi connectivity index (χ0) is 13.7. The third-order valence-electron chi connectivity index (χ3n) is 3.04. The molecule has 2 heterocycles. The first-order valence-electron chi connectivity index (χ1n) is 6.34. The molecule has 1 aromatic rings. The summed E-state index contributed by atoms with van der Waals surface area (Å²) < 4.78 is 0. The van der Waals surface area contributed by atoms with Crippen molar-refractivity contribution in [3.05, 3.63) is 42.4 Å². The lowest BCUT2D eigenvalue weighted by atomic mass is 10.1. The monoisotopic (exact) mass is 259 g/mol. The molecule has 1 aliphatic rings. The highest BCUT2D eigenvalue weighted by atomic mass is 16.2. The highest BCUT2D eigenvalue weighted by Crippen LogP contribution is 2.11. The molecule has 5 heteroatoms. The molecule has 1 unspecified atom stereocenters. The Labute approximate surface area is 112 Å². The number of pyridine rings is 1. The van der Waals surface area contributed by atoms with Gasteiger partial charge in [-0.2, -0.15) is 0 Å². The van der Waals surface area contributed by atoms with Crippen LogP contribution in [0.15, 0.2) is 36.8 Å². The molecule has 1 aromatic heterocycles. The maximum Gasteiger partial charge on any atom is 0.252 e. The van der Waals surface area contributed by atoms with E-state index in [1.165, 1.54) is 6.20 Å². The van der Waals surface area contributed by atoms with Crippen LogP contribution in [0.1, 0.15) is 30.1 Å². The molecule has 19 heavy (non-hydrogen) atoms. The van der Waals surface area contributed by atoms with E-state index in [0.29, 0.717) is 18.5 Å². The quantitative estimate of drug-likeness (QED) is 0.887. The van der Waals surface area contributed by atoms with Crippen molar-refractivity contribution >= 4 is 11.8 Å². The van der Waals surface area contributed by atoms with Crippen molar-refractivity contribution in [3.8, 4) is 0 Å². The van der Waals surface area contributed by atoms with Crippen molar-refractivity contribution in [2.24, 2.45) is 0 Å². The van der Waals surface area contributed by atoms with Crippen LogP contribution < -0.4 is 5.32 Å². The summed E-state index contributed by atoms with van der Waals surface area (Å²) >= 11 is 0. The number of rotatable bonds is 4. The van der Waals surface area contributed by atoms with Gasteiger partial charge in [-0.3, -0.25) is 14.6 Å². The van der Waals surface area contributed by atoms with E-state index in [4.69, 9.17) is 0 Å². The fraction of sp³-hybridized carbons (Fsp3) is 0.357. The van der Waals surface area contributed by atoms with Gasteiger partial charge in [-0.1, -0.05) is 6.08 Å². The fourth-order valence-electron chi connectivity index (χ4n) is 1.94. The minimum Gasteiger partial charge on any atom is -0.350 e. The number of carbonyl (C=O) groups is 2. The lowest BCUT2D eigenvalue weighted by Gasteiger charge is -2.28. The number of carbonyl (C=O) groups excluding carboxylic acids is 2. The summed E-state index contributed by atoms with van der Waals surface area (Å²) in [5.41, 5.74) is 0.523. The standard InChI is InChI=1S/C14H17N3O2/c1-11(17-8-3-2-6-13(17)18)9-16-14(19)12-5-4-7-15-10-12/h3-5,7-8,10-11H,2,6,9H2,1H3,(H,16,19). The number of allylic oxidation sites excluding steroid dienone is 1. The highest BCUT2D eigenvalue weighted by Gasteiger charge is 2.20. The number of hydrogen-bond acceptors (Lipinski definition) is 3. The summed E-state index contributed by atoms with van der Waals surface area (Å²) in [6.07, 6.45) is 8.25. The molecule has 0 spiro atoms. The molecule has 0 radical (unpaired) electrons. The van der Waals surface area contributed by atoms with Gasteiger partial charge in [0.15, 0.2) is 0 Å². The number of nitrogens with one attached hydrogen (secondary N) is 1. The predicted molar refractivity (Wildman–Crippen MR) is 71.3 cm³/mol. The zero-order valence-electron chi connectivity index (χ0n) is 10.9. The molecule has 100 valence electrons. The molecule has 0 saturated heterocycles. The predicted octanol–water partition coefficient (Wildman–Crippen LogP) is 1.34. The topological polar surface area (TPSA) is 62.3 Å². The van der Waals surface area contributed by atoms with Crippen LogP contribution in [0.3, 0.4) is 0 Å². The maximum absolute atomic E-state index is 11.8. The van der Waals surface area contributed by atoms with Crippen molar-refractivity contribution < 1.29 is 9.59 Å². The number of aromatic nitrogens is 1. The van der Waals surface area contributed by atoms with Crippen LogP contribution in [0, 0.1) is 0 Å². The Kier molecular flexibility index (Phi) is 4.28. The van der Waals surface area contributed by atoms with Crippen molar-refractivity contribution in [1.82, 2.24) is 15.2 Å². The van der Waals surface area contributed by atoms with Crippen LogP contribution in [-0.2, 0) is 4.79 Å². The Morgan fingerprint density at radius 3 is 3.11 bits per heavy atom. The second-order valence-corrected chi connectivity index (χ2v) is 4.53. The minimum absolute atomic E-state index is 0.0512. The lowest BCUT2D eigenvalue weighted by molar-refractivity contribution is -0.130. The van der Waals surface area contributed by atoms with Crippen LogP contribution in [0.2, 0.25) is 0 Å². The van der Waals surface area contributed by atoms with Gasteiger partial charge in [0.25, 0.3) is 5.91 Å². The van der Waals surface area contributed by atoms with E-state index in [-0.39, 0.29) is 17.9 Å². The Balaban J connectivity index is 1.88. The molecule has 0 aliphatic carbocycles. The summed E-state index contributed by atoms with van der Waals surface area (Å²) in [4.78, 5) is 29.1. The Bertz CT molecular complexity index is 485. The van der Waals surface area contributed by atoms with Gasteiger partial charge < -0.3 is 10.2 Å². The summed E-state index contributed by atoms with van der Waals surface area (Å²) in [6, 6.07) is 3.37. The Hall–Kier alpha value is -2.17. The molecule has 2 amide bonds. The Morgan fingerprint density at radius 2 is 2.42 bits per heavy atom. The first-order chi connectivity index (χ1) is 9.18. The molecule has 1 N–H and O–H groups in total. The van der Waals surface area contributed by atoms with Gasteiger partial charge in [0.2, 0.25) is 5.91 Å². The van der Waals surface area contributed by atoms with E-state index < -0.39 is 0 Å². The lowest BCUT2D eigenvalue weighted by Crippen LogP contribution is -2.43. The van der Waals surface area contributed by atoms with Gasteiger partial charge in [-0.15, -0.1) is 0 Å². The smallest absolute Gasteiger partial charge is 0.252 e. The molecule has 5 nitrogen and oxygen atoms in total. The molecule has 0 fully saturated rings. The highest BCUT2D eigenvalue weighted by molar-refractivity contribution is 5.93. The SMILES string of the molecule is CC(CNC(=O)c1cccnc1)N1C=CCCC1=O. The summed E-state index contributed by atoms with van der Waals surface area (Å²) in [5.74, 6) is -0.0704. The van der Waals surface area contributed by atoms with E-state index in [9.17, 15) is 9.59 Å². The van der Waals surface area contributed by atoms with Gasteiger partial charge in [0, 0.05) is 31.6 Å². The molecule has 0 aromatic carbocycles. The minimum atomic E-state index is -0.173. The molecule has 0 bridgehead atoms. The van der Waals surface area contributed by atoms with Crippen molar-refractivity contribution in [1.29, 1.82) is 0 Å². The van der Waals surface area contributed by atoms with Crippen molar-refractivity contribution in [2.45, 2.75) is 25.8 Å². The average Bonchev–Trinajstić information content (AvgIpc) is 2.46.